The Labute approximate surface area is 160 Å². The van der Waals surface area contributed by atoms with Crippen molar-refractivity contribution in [2.24, 2.45) is 5.10 Å². The molecule has 0 unspecified atom stereocenters. The lowest BCUT2D eigenvalue weighted by atomic mass is 10.1. The Hall–Kier alpha value is -2.81. The second-order valence-electron chi connectivity index (χ2n) is 5.38. The van der Waals surface area contributed by atoms with Crippen molar-refractivity contribution in [1.29, 1.82) is 0 Å². The van der Waals surface area contributed by atoms with Crippen molar-refractivity contribution in [1.82, 2.24) is 5.43 Å². The van der Waals surface area contributed by atoms with E-state index in [2.05, 4.69) is 15.8 Å². The molecule has 0 atom stereocenters. The molecule has 0 saturated carbocycles. The SMILES string of the molecule is COc1ccc(/C(C)=N/NC(=S)Nc2ccccc2C(F)(F)F)cc1OC. The van der Waals surface area contributed by atoms with Crippen LogP contribution in [0.5, 0.6) is 11.5 Å². The Balaban J connectivity index is 2.11. The molecule has 0 aliphatic heterocycles. The van der Waals surface area contributed by atoms with Gasteiger partial charge in [-0.3, -0.25) is 5.43 Å². The summed E-state index contributed by atoms with van der Waals surface area (Å²) in [5.74, 6) is 1.10. The maximum Gasteiger partial charge on any atom is 0.418 e. The highest BCUT2D eigenvalue weighted by atomic mass is 32.1. The summed E-state index contributed by atoms with van der Waals surface area (Å²) in [6.07, 6.45) is -4.49. The molecular weight excluding hydrogens is 379 g/mol. The van der Waals surface area contributed by atoms with E-state index in [-0.39, 0.29) is 10.8 Å². The highest BCUT2D eigenvalue weighted by Crippen LogP contribution is 2.34. The lowest BCUT2D eigenvalue weighted by Crippen LogP contribution is -2.26. The molecule has 0 heterocycles. The average molecular weight is 397 g/mol. The molecule has 2 aromatic rings. The molecule has 0 radical (unpaired) electrons. The van der Waals surface area contributed by atoms with E-state index in [1.807, 2.05) is 0 Å². The summed E-state index contributed by atoms with van der Waals surface area (Å²) in [4.78, 5) is 0. The third-order valence-electron chi connectivity index (χ3n) is 3.61. The van der Waals surface area contributed by atoms with Crippen molar-refractivity contribution in [2.75, 3.05) is 19.5 Å². The lowest BCUT2D eigenvalue weighted by molar-refractivity contribution is -0.136. The predicted octanol–water partition coefficient (Wildman–Crippen LogP) is 4.43. The predicted molar refractivity (Wildman–Crippen MR) is 103 cm³/mol. The molecular formula is C18H18F3N3O2S. The third kappa shape index (κ3) is 5.33. The van der Waals surface area contributed by atoms with Gasteiger partial charge in [0.2, 0.25) is 0 Å². The van der Waals surface area contributed by atoms with Gasteiger partial charge in [0.05, 0.1) is 31.2 Å². The zero-order chi connectivity index (χ0) is 20.0. The quantitative estimate of drug-likeness (QED) is 0.444. The van der Waals surface area contributed by atoms with Crippen LogP contribution >= 0.6 is 12.2 Å². The van der Waals surface area contributed by atoms with Gasteiger partial charge in [0.15, 0.2) is 16.6 Å². The van der Waals surface area contributed by atoms with Gasteiger partial charge >= 0.3 is 6.18 Å². The fourth-order valence-corrected chi connectivity index (χ4v) is 2.41. The standard InChI is InChI=1S/C18H18F3N3O2S/c1-11(12-8-9-15(25-2)16(10-12)26-3)23-24-17(27)22-14-7-5-4-6-13(14)18(19,20)21/h4-10H,1-3H3,(H2,22,24,27)/b23-11+. The minimum Gasteiger partial charge on any atom is -0.493 e. The molecule has 0 saturated heterocycles. The van der Waals surface area contributed by atoms with Crippen molar-refractivity contribution in [2.45, 2.75) is 13.1 Å². The number of halogens is 3. The molecule has 0 aliphatic carbocycles. The first-order valence-electron chi connectivity index (χ1n) is 7.76. The van der Waals surface area contributed by atoms with E-state index < -0.39 is 11.7 Å². The van der Waals surface area contributed by atoms with E-state index in [0.29, 0.717) is 17.2 Å². The number of anilines is 1. The highest BCUT2D eigenvalue weighted by molar-refractivity contribution is 7.80. The van der Waals surface area contributed by atoms with Gasteiger partial charge in [0.25, 0.3) is 0 Å². The van der Waals surface area contributed by atoms with Crippen LogP contribution in [0.25, 0.3) is 0 Å². The number of hydrogen-bond acceptors (Lipinski definition) is 4. The van der Waals surface area contributed by atoms with Gasteiger partial charge in [0.1, 0.15) is 0 Å². The molecule has 0 aromatic heterocycles. The molecule has 0 aliphatic rings. The molecule has 2 aromatic carbocycles. The monoisotopic (exact) mass is 397 g/mol. The summed E-state index contributed by atoms with van der Waals surface area (Å²) in [5, 5.41) is 6.55. The van der Waals surface area contributed by atoms with Crippen LogP contribution in [0.3, 0.4) is 0 Å². The Bertz CT molecular complexity index is 854. The van der Waals surface area contributed by atoms with Crippen LogP contribution in [0.15, 0.2) is 47.6 Å². The Morgan fingerprint density at radius 2 is 1.70 bits per heavy atom. The number of alkyl halides is 3. The van der Waals surface area contributed by atoms with Crippen LogP contribution in [0, 0.1) is 0 Å². The van der Waals surface area contributed by atoms with Crippen molar-refractivity contribution in [3.05, 3.63) is 53.6 Å². The fourth-order valence-electron chi connectivity index (χ4n) is 2.25. The number of hydrazone groups is 1. The molecule has 27 heavy (non-hydrogen) atoms. The molecule has 2 rings (SSSR count). The molecule has 5 nitrogen and oxygen atoms in total. The van der Waals surface area contributed by atoms with Gasteiger partial charge in [-0.25, -0.2) is 0 Å². The maximum atomic E-state index is 13.0. The zero-order valence-corrected chi connectivity index (χ0v) is 15.7. The minimum atomic E-state index is -4.49. The molecule has 2 N–H and O–H groups in total. The topological polar surface area (TPSA) is 54.9 Å². The number of para-hydroxylation sites is 1. The molecule has 0 spiro atoms. The third-order valence-corrected chi connectivity index (χ3v) is 3.80. The summed E-state index contributed by atoms with van der Waals surface area (Å²) < 4.78 is 49.4. The van der Waals surface area contributed by atoms with Crippen molar-refractivity contribution in [3.63, 3.8) is 0 Å². The number of hydrogen-bond donors (Lipinski definition) is 2. The van der Waals surface area contributed by atoms with E-state index in [9.17, 15) is 13.2 Å². The van der Waals surface area contributed by atoms with Crippen molar-refractivity contribution < 1.29 is 22.6 Å². The highest BCUT2D eigenvalue weighted by Gasteiger charge is 2.33. The second-order valence-corrected chi connectivity index (χ2v) is 5.78. The second kappa shape index (κ2) is 8.72. The van der Waals surface area contributed by atoms with E-state index >= 15 is 0 Å². The van der Waals surface area contributed by atoms with Gasteiger partial charge in [-0.15, -0.1) is 0 Å². The maximum absolute atomic E-state index is 13.0. The lowest BCUT2D eigenvalue weighted by Gasteiger charge is -2.14. The Kier molecular flexibility index (Phi) is 6.62. The average Bonchev–Trinajstić information content (AvgIpc) is 2.65. The van der Waals surface area contributed by atoms with E-state index in [1.54, 1.807) is 25.1 Å². The number of methoxy groups -OCH3 is 2. The number of nitrogens with one attached hydrogen (secondary N) is 2. The van der Waals surface area contributed by atoms with Crippen molar-refractivity contribution in [3.8, 4) is 11.5 Å². The van der Waals surface area contributed by atoms with Crippen LogP contribution in [-0.4, -0.2) is 25.0 Å². The number of nitrogens with zero attached hydrogens (tertiary/aromatic N) is 1. The first-order valence-corrected chi connectivity index (χ1v) is 8.17. The molecule has 144 valence electrons. The van der Waals surface area contributed by atoms with E-state index in [0.717, 1.165) is 11.6 Å². The van der Waals surface area contributed by atoms with Gasteiger partial charge < -0.3 is 14.8 Å². The molecule has 0 fully saturated rings. The molecule has 0 bridgehead atoms. The Morgan fingerprint density at radius 3 is 2.33 bits per heavy atom. The van der Waals surface area contributed by atoms with Crippen LogP contribution in [-0.2, 0) is 6.18 Å². The first kappa shape index (κ1) is 20.5. The summed E-state index contributed by atoms with van der Waals surface area (Å²) >= 11 is 5.03. The van der Waals surface area contributed by atoms with Crippen molar-refractivity contribution >= 4 is 28.7 Å². The largest absolute Gasteiger partial charge is 0.493 e. The smallest absolute Gasteiger partial charge is 0.418 e. The summed E-state index contributed by atoms with van der Waals surface area (Å²) in [5.41, 5.74) is 2.88. The van der Waals surface area contributed by atoms with Gasteiger partial charge in [-0.2, -0.15) is 18.3 Å². The first-order chi connectivity index (χ1) is 12.8. The van der Waals surface area contributed by atoms with Gasteiger partial charge in [0, 0.05) is 5.56 Å². The number of ether oxygens (including phenoxy) is 2. The number of benzene rings is 2. The van der Waals surface area contributed by atoms with Gasteiger partial charge in [-0.05, 0) is 49.5 Å². The number of thiocarbonyl (C=S) groups is 1. The normalized spacial score (nSPS) is 11.7. The van der Waals surface area contributed by atoms with Crippen LogP contribution < -0.4 is 20.2 Å². The van der Waals surface area contributed by atoms with Crippen LogP contribution in [0.2, 0.25) is 0 Å². The summed E-state index contributed by atoms with van der Waals surface area (Å²) in [7, 11) is 3.05. The van der Waals surface area contributed by atoms with Crippen LogP contribution in [0.4, 0.5) is 18.9 Å². The molecule has 0 amide bonds. The zero-order valence-electron chi connectivity index (χ0n) is 14.8. The summed E-state index contributed by atoms with van der Waals surface area (Å²) in [6, 6.07) is 10.3. The van der Waals surface area contributed by atoms with Gasteiger partial charge in [-0.1, -0.05) is 12.1 Å². The van der Waals surface area contributed by atoms with E-state index in [4.69, 9.17) is 21.7 Å². The number of rotatable bonds is 5. The minimum absolute atomic E-state index is 0.0634. The molecule has 9 heteroatoms. The Morgan fingerprint density at radius 1 is 1.04 bits per heavy atom. The fraction of sp³-hybridized carbons (Fsp3) is 0.222. The van der Waals surface area contributed by atoms with E-state index in [1.165, 1.54) is 32.4 Å². The van der Waals surface area contributed by atoms with Crippen LogP contribution in [0.1, 0.15) is 18.1 Å². The summed E-state index contributed by atoms with van der Waals surface area (Å²) in [6.45, 7) is 1.72.